The Kier molecular flexibility index (Phi) is 4.18. The van der Waals surface area contributed by atoms with E-state index < -0.39 is 10.0 Å². The third-order valence-corrected chi connectivity index (χ3v) is 4.79. The first-order valence-electron chi connectivity index (χ1n) is 7.05. The molecule has 0 saturated carbocycles. The highest BCUT2D eigenvalue weighted by Crippen LogP contribution is 2.31. The molecule has 0 spiro atoms. The number of rotatable bonds is 5. The molecule has 1 heterocycles. The predicted molar refractivity (Wildman–Crippen MR) is 89.3 cm³/mol. The molecule has 2 aromatic carbocycles. The zero-order valence-electron chi connectivity index (χ0n) is 12.3. The number of sulfonamides is 1. The number of nitrogens with two attached hydrogens (primary N) is 1. The molecule has 5 nitrogen and oxygen atoms in total. The zero-order chi connectivity index (χ0) is 16.3. The number of hydrogen-bond acceptors (Lipinski definition) is 4. The fourth-order valence-electron chi connectivity index (χ4n) is 2.25. The van der Waals surface area contributed by atoms with E-state index in [2.05, 4.69) is 4.72 Å². The Morgan fingerprint density at radius 2 is 1.78 bits per heavy atom. The van der Waals surface area contributed by atoms with Crippen molar-refractivity contribution >= 4 is 15.7 Å². The molecule has 0 saturated heterocycles. The molecule has 3 aromatic rings. The van der Waals surface area contributed by atoms with Crippen LogP contribution in [0.2, 0.25) is 0 Å². The van der Waals surface area contributed by atoms with Crippen LogP contribution in [0.15, 0.2) is 76.2 Å². The fraction of sp³-hybridized carbons (Fsp3) is 0.0588. The molecular formula is C17H16N2O3S. The standard InChI is InChI=1S/C17H16N2O3S/c18-12-13-8-9-16(15(11-13)17-7-4-10-22-17)19-23(20,21)14-5-2-1-3-6-14/h1-11,19H,12,18H2. The summed E-state index contributed by atoms with van der Waals surface area (Å²) in [7, 11) is -3.67. The van der Waals surface area contributed by atoms with Gasteiger partial charge >= 0.3 is 0 Å². The van der Waals surface area contributed by atoms with E-state index in [1.54, 1.807) is 60.9 Å². The van der Waals surface area contributed by atoms with Gasteiger partial charge in [0.2, 0.25) is 0 Å². The van der Waals surface area contributed by atoms with Crippen molar-refractivity contribution in [1.29, 1.82) is 0 Å². The van der Waals surface area contributed by atoms with Crippen LogP contribution in [0.3, 0.4) is 0 Å². The van der Waals surface area contributed by atoms with Crippen molar-refractivity contribution in [3.05, 3.63) is 72.5 Å². The molecule has 1 aromatic heterocycles. The molecule has 0 atom stereocenters. The Balaban J connectivity index is 2.03. The second kappa shape index (κ2) is 6.28. The van der Waals surface area contributed by atoms with Crippen LogP contribution in [0.5, 0.6) is 0 Å². The average Bonchev–Trinajstić information content (AvgIpc) is 3.10. The Morgan fingerprint density at radius 1 is 1.00 bits per heavy atom. The van der Waals surface area contributed by atoms with Gasteiger partial charge < -0.3 is 10.2 Å². The van der Waals surface area contributed by atoms with Gasteiger partial charge in [-0.2, -0.15) is 0 Å². The van der Waals surface area contributed by atoms with Gasteiger partial charge in [0.25, 0.3) is 10.0 Å². The van der Waals surface area contributed by atoms with Gasteiger partial charge in [0.15, 0.2) is 0 Å². The summed E-state index contributed by atoms with van der Waals surface area (Å²) in [5.74, 6) is 0.575. The van der Waals surface area contributed by atoms with Gasteiger partial charge in [-0.15, -0.1) is 0 Å². The molecule has 0 bridgehead atoms. The first-order chi connectivity index (χ1) is 11.1. The van der Waals surface area contributed by atoms with Gasteiger partial charge in [0, 0.05) is 12.1 Å². The van der Waals surface area contributed by atoms with Crippen molar-refractivity contribution in [1.82, 2.24) is 0 Å². The van der Waals surface area contributed by atoms with Gasteiger partial charge in [-0.1, -0.05) is 24.3 Å². The predicted octanol–water partition coefficient (Wildman–Crippen LogP) is 3.21. The minimum atomic E-state index is -3.67. The van der Waals surface area contributed by atoms with Crippen LogP contribution in [0.1, 0.15) is 5.56 Å². The summed E-state index contributed by atoms with van der Waals surface area (Å²) < 4.78 is 33.0. The highest BCUT2D eigenvalue weighted by molar-refractivity contribution is 7.92. The van der Waals surface area contributed by atoms with E-state index in [1.165, 1.54) is 0 Å². The van der Waals surface area contributed by atoms with E-state index >= 15 is 0 Å². The Labute approximate surface area is 134 Å². The lowest BCUT2D eigenvalue weighted by Gasteiger charge is -2.13. The second-order valence-electron chi connectivity index (χ2n) is 4.98. The van der Waals surface area contributed by atoms with Crippen LogP contribution in [-0.2, 0) is 16.6 Å². The van der Waals surface area contributed by atoms with Crippen LogP contribution < -0.4 is 10.5 Å². The summed E-state index contributed by atoms with van der Waals surface area (Å²) in [5.41, 5.74) is 7.66. The van der Waals surface area contributed by atoms with Crippen molar-refractivity contribution in [2.24, 2.45) is 5.73 Å². The molecule has 118 valence electrons. The summed E-state index contributed by atoms with van der Waals surface area (Å²) in [6, 6.07) is 17.0. The zero-order valence-corrected chi connectivity index (χ0v) is 13.1. The summed E-state index contributed by atoms with van der Waals surface area (Å²) in [6.45, 7) is 0.361. The quantitative estimate of drug-likeness (QED) is 0.753. The highest BCUT2D eigenvalue weighted by atomic mass is 32.2. The molecule has 0 aliphatic heterocycles. The Morgan fingerprint density at radius 3 is 2.43 bits per heavy atom. The number of hydrogen-bond donors (Lipinski definition) is 2. The number of anilines is 1. The van der Waals surface area contributed by atoms with Crippen molar-refractivity contribution in [2.75, 3.05) is 4.72 Å². The summed E-state index contributed by atoms with van der Waals surface area (Å²) >= 11 is 0. The third-order valence-electron chi connectivity index (χ3n) is 3.40. The minimum absolute atomic E-state index is 0.202. The summed E-state index contributed by atoms with van der Waals surface area (Å²) in [6.07, 6.45) is 1.54. The molecule has 0 aliphatic carbocycles. The molecule has 0 amide bonds. The first-order valence-corrected chi connectivity index (χ1v) is 8.53. The van der Waals surface area contributed by atoms with Gasteiger partial charge in [-0.25, -0.2) is 8.42 Å². The number of benzene rings is 2. The SMILES string of the molecule is NCc1ccc(NS(=O)(=O)c2ccccc2)c(-c2ccco2)c1. The minimum Gasteiger partial charge on any atom is -0.464 e. The van der Waals surface area contributed by atoms with Crippen LogP contribution in [-0.4, -0.2) is 8.42 Å². The van der Waals surface area contributed by atoms with Crippen molar-refractivity contribution in [3.8, 4) is 11.3 Å². The maximum Gasteiger partial charge on any atom is 0.261 e. The maximum atomic E-state index is 12.5. The van der Waals surface area contributed by atoms with Gasteiger partial charge in [0.1, 0.15) is 5.76 Å². The topological polar surface area (TPSA) is 85.3 Å². The van der Waals surface area contributed by atoms with E-state index in [1.807, 2.05) is 6.07 Å². The summed E-state index contributed by atoms with van der Waals surface area (Å²) in [5, 5.41) is 0. The average molecular weight is 328 g/mol. The van der Waals surface area contributed by atoms with Gasteiger partial charge in [0.05, 0.1) is 16.8 Å². The first kappa shape index (κ1) is 15.3. The van der Waals surface area contributed by atoms with E-state index in [9.17, 15) is 8.42 Å². The van der Waals surface area contributed by atoms with Crippen molar-refractivity contribution in [2.45, 2.75) is 11.4 Å². The van der Waals surface area contributed by atoms with E-state index in [-0.39, 0.29) is 4.90 Å². The maximum absolute atomic E-state index is 12.5. The van der Waals surface area contributed by atoms with Crippen molar-refractivity contribution in [3.63, 3.8) is 0 Å². The molecule has 3 N–H and O–H groups in total. The van der Waals surface area contributed by atoms with Crippen molar-refractivity contribution < 1.29 is 12.8 Å². The van der Waals surface area contributed by atoms with Crippen LogP contribution in [0, 0.1) is 0 Å². The molecule has 0 radical (unpaired) electrons. The van der Waals surface area contributed by atoms with E-state index in [0.717, 1.165) is 5.56 Å². The summed E-state index contributed by atoms with van der Waals surface area (Å²) in [4.78, 5) is 0.202. The molecule has 0 fully saturated rings. The Bertz CT molecular complexity index is 889. The molecular weight excluding hydrogens is 312 g/mol. The van der Waals surface area contributed by atoms with Gasteiger partial charge in [-0.3, -0.25) is 4.72 Å². The second-order valence-corrected chi connectivity index (χ2v) is 6.66. The normalized spacial score (nSPS) is 11.3. The van der Waals surface area contributed by atoms with Crippen LogP contribution >= 0.6 is 0 Å². The lowest BCUT2D eigenvalue weighted by atomic mass is 10.1. The molecule has 3 rings (SSSR count). The smallest absolute Gasteiger partial charge is 0.261 e. The lowest BCUT2D eigenvalue weighted by molar-refractivity contribution is 0.582. The lowest BCUT2D eigenvalue weighted by Crippen LogP contribution is -2.13. The van der Waals surface area contributed by atoms with E-state index in [4.69, 9.17) is 10.2 Å². The Hall–Kier alpha value is -2.57. The number of furan rings is 1. The molecule has 6 heteroatoms. The van der Waals surface area contributed by atoms with E-state index in [0.29, 0.717) is 23.6 Å². The number of nitrogens with one attached hydrogen (secondary N) is 1. The molecule has 23 heavy (non-hydrogen) atoms. The largest absolute Gasteiger partial charge is 0.464 e. The monoisotopic (exact) mass is 328 g/mol. The third kappa shape index (κ3) is 3.28. The molecule has 0 unspecified atom stereocenters. The van der Waals surface area contributed by atoms with Crippen LogP contribution in [0.25, 0.3) is 11.3 Å². The highest BCUT2D eigenvalue weighted by Gasteiger charge is 2.17. The van der Waals surface area contributed by atoms with Gasteiger partial charge in [-0.05, 0) is 42.0 Å². The van der Waals surface area contributed by atoms with Crippen LogP contribution in [0.4, 0.5) is 5.69 Å². The molecule has 0 aliphatic rings. The fourth-order valence-corrected chi connectivity index (χ4v) is 3.35.